The molecule has 0 aromatic carbocycles. The zero-order valence-corrected chi connectivity index (χ0v) is 16.3. The van der Waals surface area contributed by atoms with Gasteiger partial charge in [-0.05, 0) is 46.8 Å². The van der Waals surface area contributed by atoms with Gasteiger partial charge in [-0.3, -0.25) is 9.48 Å². The molecule has 1 saturated heterocycles. The Hall–Kier alpha value is -1.45. The lowest BCUT2D eigenvalue weighted by molar-refractivity contribution is -0.126. The van der Waals surface area contributed by atoms with Crippen LogP contribution in [0.25, 0.3) is 0 Å². The van der Waals surface area contributed by atoms with Crippen LogP contribution in [0.5, 0.6) is 0 Å². The molecule has 0 spiro atoms. The second kappa shape index (κ2) is 8.29. The molecule has 1 fully saturated rings. The molecule has 8 nitrogen and oxygen atoms in total. The molecule has 0 bridgehead atoms. The average molecular weight is 372 g/mol. The molecule has 1 unspecified atom stereocenters. The minimum absolute atomic E-state index is 0.0541. The van der Waals surface area contributed by atoms with Crippen molar-refractivity contribution in [3.63, 3.8) is 0 Å². The van der Waals surface area contributed by atoms with Crippen LogP contribution in [-0.2, 0) is 21.9 Å². The molecule has 0 aliphatic carbocycles. The van der Waals surface area contributed by atoms with Gasteiger partial charge in [0.1, 0.15) is 4.90 Å². The summed E-state index contributed by atoms with van der Waals surface area (Å²) in [5, 5.41) is 6.95. The lowest BCUT2D eigenvalue weighted by Gasteiger charge is -2.31. The predicted molar refractivity (Wildman–Crippen MR) is 95.6 cm³/mol. The fraction of sp³-hybridized carbons (Fsp3) is 0.750. The van der Waals surface area contributed by atoms with Crippen LogP contribution < -0.4 is 5.32 Å². The second-order valence-electron chi connectivity index (χ2n) is 6.87. The summed E-state index contributed by atoms with van der Waals surface area (Å²) in [6.45, 7) is 3.93. The maximum atomic E-state index is 12.9. The summed E-state index contributed by atoms with van der Waals surface area (Å²) in [6.07, 6.45) is 3.67. The van der Waals surface area contributed by atoms with Gasteiger partial charge in [0.25, 0.3) is 0 Å². The monoisotopic (exact) mass is 371 g/mol. The molecular formula is C16H29N5O3S. The largest absolute Gasteiger partial charge is 0.356 e. The highest BCUT2D eigenvalue weighted by atomic mass is 32.2. The van der Waals surface area contributed by atoms with E-state index < -0.39 is 10.0 Å². The van der Waals surface area contributed by atoms with E-state index in [4.69, 9.17) is 0 Å². The third-order valence-electron chi connectivity index (χ3n) is 4.64. The molecule has 1 amide bonds. The molecule has 1 atom stereocenters. The van der Waals surface area contributed by atoms with Gasteiger partial charge in [0.05, 0.1) is 17.8 Å². The Morgan fingerprint density at radius 2 is 2.16 bits per heavy atom. The van der Waals surface area contributed by atoms with E-state index in [-0.39, 0.29) is 23.3 Å². The molecule has 2 heterocycles. The van der Waals surface area contributed by atoms with Crippen LogP contribution in [0.3, 0.4) is 0 Å². The van der Waals surface area contributed by atoms with Crippen LogP contribution in [0.1, 0.15) is 25.0 Å². The first-order chi connectivity index (χ1) is 11.7. The van der Waals surface area contributed by atoms with E-state index in [0.29, 0.717) is 25.2 Å². The highest BCUT2D eigenvalue weighted by molar-refractivity contribution is 7.89. The number of piperidine rings is 1. The first-order valence-electron chi connectivity index (χ1n) is 8.64. The number of rotatable bonds is 7. The molecule has 142 valence electrons. The summed E-state index contributed by atoms with van der Waals surface area (Å²) >= 11 is 0. The van der Waals surface area contributed by atoms with Crippen LogP contribution >= 0.6 is 0 Å². The van der Waals surface area contributed by atoms with E-state index in [0.717, 1.165) is 19.4 Å². The maximum absolute atomic E-state index is 12.9. The fourth-order valence-corrected chi connectivity index (χ4v) is 4.71. The molecule has 0 radical (unpaired) electrons. The minimum Gasteiger partial charge on any atom is -0.356 e. The van der Waals surface area contributed by atoms with Gasteiger partial charge in [-0.25, -0.2) is 8.42 Å². The number of nitrogens with one attached hydrogen (secondary N) is 1. The fourth-order valence-electron chi connectivity index (χ4n) is 3.00. The van der Waals surface area contributed by atoms with E-state index >= 15 is 0 Å². The number of hydrogen-bond donors (Lipinski definition) is 1. The second-order valence-corrected chi connectivity index (χ2v) is 8.77. The lowest BCUT2D eigenvalue weighted by Crippen LogP contribution is -2.45. The highest BCUT2D eigenvalue weighted by Gasteiger charge is 2.34. The van der Waals surface area contributed by atoms with Gasteiger partial charge in [0.15, 0.2) is 0 Å². The van der Waals surface area contributed by atoms with E-state index in [1.54, 1.807) is 18.7 Å². The van der Waals surface area contributed by atoms with Gasteiger partial charge in [-0.2, -0.15) is 9.40 Å². The summed E-state index contributed by atoms with van der Waals surface area (Å²) in [4.78, 5) is 14.7. The number of hydrogen-bond acceptors (Lipinski definition) is 5. The van der Waals surface area contributed by atoms with Crippen LogP contribution in [0.15, 0.2) is 11.1 Å². The van der Waals surface area contributed by atoms with Crippen LogP contribution in [0, 0.1) is 12.8 Å². The van der Waals surface area contributed by atoms with Gasteiger partial charge in [-0.15, -0.1) is 0 Å². The normalized spacial score (nSPS) is 19.3. The number of carbonyl (C=O) groups is 1. The Labute approximate surface area is 150 Å². The smallest absolute Gasteiger partial charge is 0.246 e. The van der Waals surface area contributed by atoms with Crippen molar-refractivity contribution in [3.8, 4) is 0 Å². The molecule has 1 aliphatic heterocycles. The zero-order valence-electron chi connectivity index (χ0n) is 15.5. The third-order valence-corrected chi connectivity index (χ3v) is 6.61. The van der Waals surface area contributed by atoms with Crippen molar-refractivity contribution in [2.24, 2.45) is 13.0 Å². The molecule has 1 aromatic rings. The van der Waals surface area contributed by atoms with E-state index in [2.05, 4.69) is 15.3 Å². The Morgan fingerprint density at radius 3 is 2.76 bits per heavy atom. The summed E-state index contributed by atoms with van der Waals surface area (Å²) in [5.74, 6) is -0.346. The molecule has 1 aromatic heterocycles. The lowest BCUT2D eigenvalue weighted by atomic mass is 9.99. The average Bonchev–Trinajstić information content (AvgIpc) is 2.91. The van der Waals surface area contributed by atoms with Gasteiger partial charge in [-0.1, -0.05) is 0 Å². The molecule has 1 N–H and O–H groups in total. The molecule has 1 aliphatic rings. The predicted octanol–water partition coefficient (Wildman–Crippen LogP) is 0.197. The van der Waals surface area contributed by atoms with Crippen molar-refractivity contribution in [3.05, 3.63) is 11.9 Å². The third kappa shape index (κ3) is 4.80. The summed E-state index contributed by atoms with van der Waals surface area (Å²) in [6, 6.07) is 0. The topological polar surface area (TPSA) is 87.5 Å². The van der Waals surface area contributed by atoms with Crippen molar-refractivity contribution in [2.45, 2.75) is 31.1 Å². The summed E-state index contributed by atoms with van der Waals surface area (Å²) in [7, 11) is 2.09. The molecule has 0 saturated carbocycles. The number of aryl methyl sites for hydroxylation is 1. The van der Waals surface area contributed by atoms with Crippen LogP contribution in [-0.4, -0.2) is 73.6 Å². The van der Waals surface area contributed by atoms with Gasteiger partial charge in [0, 0.05) is 26.7 Å². The van der Waals surface area contributed by atoms with Crippen molar-refractivity contribution < 1.29 is 13.2 Å². The Morgan fingerprint density at radius 1 is 1.44 bits per heavy atom. The standard InChI is InChI=1S/C16H29N5O3S/c1-13-15(11-18-20(13)4)25(23,24)21-10-5-7-14(12-21)16(22)17-8-6-9-19(2)3/h11,14H,5-10,12H2,1-4H3,(H,17,22). The summed E-state index contributed by atoms with van der Waals surface area (Å²) in [5.41, 5.74) is 0.607. The quantitative estimate of drug-likeness (QED) is 0.692. The Kier molecular flexibility index (Phi) is 6.59. The van der Waals surface area contributed by atoms with Crippen molar-refractivity contribution in [2.75, 3.05) is 40.3 Å². The van der Waals surface area contributed by atoms with Crippen molar-refractivity contribution >= 4 is 15.9 Å². The SMILES string of the molecule is Cc1c(S(=O)(=O)N2CCCC(C(=O)NCCCN(C)C)C2)cnn1C. The van der Waals surface area contributed by atoms with E-state index in [9.17, 15) is 13.2 Å². The van der Waals surface area contributed by atoms with Gasteiger partial charge in [0.2, 0.25) is 15.9 Å². The molecule has 25 heavy (non-hydrogen) atoms. The number of nitrogens with zero attached hydrogens (tertiary/aromatic N) is 4. The molecular weight excluding hydrogens is 342 g/mol. The van der Waals surface area contributed by atoms with Gasteiger partial charge < -0.3 is 10.2 Å². The summed E-state index contributed by atoms with van der Waals surface area (Å²) < 4.78 is 28.7. The maximum Gasteiger partial charge on any atom is 0.246 e. The van der Waals surface area contributed by atoms with Gasteiger partial charge >= 0.3 is 0 Å². The minimum atomic E-state index is -3.61. The van der Waals surface area contributed by atoms with Crippen LogP contribution in [0.4, 0.5) is 0 Å². The number of sulfonamides is 1. The number of amides is 1. The first kappa shape index (κ1) is 19.9. The first-order valence-corrected chi connectivity index (χ1v) is 10.1. The van der Waals surface area contributed by atoms with Crippen LogP contribution in [0.2, 0.25) is 0 Å². The number of carbonyl (C=O) groups excluding carboxylic acids is 1. The Balaban J connectivity index is 1.98. The van der Waals surface area contributed by atoms with E-state index in [1.165, 1.54) is 10.5 Å². The Bertz CT molecular complexity index is 699. The zero-order chi connectivity index (χ0) is 18.6. The highest BCUT2D eigenvalue weighted by Crippen LogP contribution is 2.25. The molecule has 9 heteroatoms. The van der Waals surface area contributed by atoms with E-state index in [1.807, 2.05) is 14.1 Å². The number of aromatic nitrogens is 2. The molecule has 2 rings (SSSR count). The van der Waals surface area contributed by atoms with Crippen molar-refractivity contribution in [1.29, 1.82) is 0 Å². The van der Waals surface area contributed by atoms with Crippen molar-refractivity contribution in [1.82, 2.24) is 24.3 Å².